The van der Waals surface area contributed by atoms with Crippen LogP contribution in [0.3, 0.4) is 0 Å². The third-order valence-electron chi connectivity index (χ3n) is 3.01. The van der Waals surface area contributed by atoms with E-state index in [2.05, 4.69) is 6.07 Å². The lowest BCUT2D eigenvalue weighted by Gasteiger charge is -2.07. The zero-order chi connectivity index (χ0) is 13.8. The molecule has 2 aromatic rings. The van der Waals surface area contributed by atoms with Gasteiger partial charge in [-0.3, -0.25) is 0 Å². The molecule has 0 bridgehead atoms. The van der Waals surface area contributed by atoms with Crippen molar-refractivity contribution in [3.63, 3.8) is 0 Å². The van der Waals surface area contributed by atoms with Crippen molar-refractivity contribution < 1.29 is 9.84 Å². The van der Waals surface area contributed by atoms with Crippen molar-refractivity contribution in [2.75, 3.05) is 7.11 Å². The predicted molar refractivity (Wildman–Crippen MR) is 71.9 cm³/mol. The van der Waals surface area contributed by atoms with Gasteiger partial charge < -0.3 is 14.4 Å². The molecule has 4 nitrogen and oxygen atoms in total. The van der Waals surface area contributed by atoms with E-state index in [0.29, 0.717) is 17.9 Å². The van der Waals surface area contributed by atoms with Crippen molar-refractivity contribution in [1.82, 2.24) is 4.57 Å². The van der Waals surface area contributed by atoms with Gasteiger partial charge in [-0.05, 0) is 36.2 Å². The van der Waals surface area contributed by atoms with Gasteiger partial charge in [0.15, 0.2) is 0 Å². The van der Waals surface area contributed by atoms with E-state index in [1.54, 1.807) is 20.1 Å². The van der Waals surface area contributed by atoms with E-state index in [9.17, 15) is 5.11 Å². The van der Waals surface area contributed by atoms with Gasteiger partial charge in [-0.1, -0.05) is 6.07 Å². The Bertz CT molecular complexity index is 609. The van der Waals surface area contributed by atoms with Gasteiger partial charge in [-0.25, -0.2) is 0 Å². The summed E-state index contributed by atoms with van der Waals surface area (Å²) in [6, 6.07) is 9.56. The molecule has 0 radical (unpaired) electrons. The number of aliphatic hydroxyl groups excluding tert-OH is 1. The molecule has 19 heavy (non-hydrogen) atoms. The summed E-state index contributed by atoms with van der Waals surface area (Å²) in [4.78, 5) is 0. The number of aliphatic hydroxyl groups is 1. The fourth-order valence-corrected chi connectivity index (χ4v) is 1.96. The van der Waals surface area contributed by atoms with Crippen molar-refractivity contribution in [3.8, 4) is 11.8 Å². The lowest BCUT2D eigenvalue weighted by molar-refractivity contribution is 0.199. The van der Waals surface area contributed by atoms with E-state index in [-0.39, 0.29) is 0 Å². The Balaban J connectivity index is 2.21. The molecule has 0 amide bonds. The van der Waals surface area contributed by atoms with E-state index in [1.807, 2.05) is 35.2 Å². The second kappa shape index (κ2) is 5.59. The maximum absolute atomic E-state index is 9.48. The van der Waals surface area contributed by atoms with E-state index >= 15 is 0 Å². The van der Waals surface area contributed by atoms with Crippen LogP contribution < -0.4 is 4.74 Å². The van der Waals surface area contributed by atoms with E-state index in [4.69, 9.17) is 10.00 Å². The molecule has 0 saturated carbocycles. The van der Waals surface area contributed by atoms with Gasteiger partial charge in [-0.15, -0.1) is 0 Å². The van der Waals surface area contributed by atoms with Gasteiger partial charge in [0.2, 0.25) is 0 Å². The normalized spacial score (nSPS) is 11.9. The topological polar surface area (TPSA) is 58.2 Å². The Morgan fingerprint density at radius 1 is 1.42 bits per heavy atom. The fraction of sp³-hybridized carbons (Fsp3) is 0.267. The van der Waals surface area contributed by atoms with Crippen LogP contribution in [0, 0.1) is 11.3 Å². The Labute approximate surface area is 112 Å². The molecule has 98 valence electrons. The molecule has 0 aliphatic carbocycles. The number of aromatic nitrogens is 1. The van der Waals surface area contributed by atoms with Crippen LogP contribution >= 0.6 is 0 Å². The van der Waals surface area contributed by atoms with Gasteiger partial charge in [0.1, 0.15) is 11.8 Å². The highest BCUT2D eigenvalue weighted by Crippen LogP contribution is 2.20. The second-order valence-electron chi connectivity index (χ2n) is 4.44. The molecule has 1 N–H and O–H groups in total. The van der Waals surface area contributed by atoms with Crippen LogP contribution in [-0.2, 0) is 6.54 Å². The highest BCUT2D eigenvalue weighted by Gasteiger charge is 2.06. The molecule has 1 heterocycles. The Hall–Kier alpha value is -2.25. The minimum Gasteiger partial charge on any atom is -0.495 e. The molecule has 0 spiro atoms. The summed E-state index contributed by atoms with van der Waals surface area (Å²) < 4.78 is 7.09. The summed E-state index contributed by atoms with van der Waals surface area (Å²) in [6.07, 6.45) is 3.35. The molecular weight excluding hydrogens is 240 g/mol. The van der Waals surface area contributed by atoms with Crippen LogP contribution in [0.4, 0.5) is 0 Å². The van der Waals surface area contributed by atoms with Crippen LogP contribution in [0.5, 0.6) is 5.75 Å². The number of rotatable bonds is 4. The molecule has 1 unspecified atom stereocenters. The number of hydrogen-bond acceptors (Lipinski definition) is 3. The zero-order valence-electron chi connectivity index (χ0n) is 11.0. The highest BCUT2D eigenvalue weighted by molar-refractivity contribution is 5.45. The van der Waals surface area contributed by atoms with Crippen LogP contribution in [0.1, 0.15) is 29.7 Å². The maximum Gasteiger partial charge on any atom is 0.136 e. The van der Waals surface area contributed by atoms with Crippen LogP contribution in [0.25, 0.3) is 0 Å². The summed E-state index contributed by atoms with van der Waals surface area (Å²) in [5.74, 6) is 0.587. The van der Waals surface area contributed by atoms with Crippen molar-refractivity contribution in [1.29, 1.82) is 5.26 Å². The highest BCUT2D eigenvalue weighted by atomic mass is 16.5. The van der Waals surface area contributed by atoms with Crippen molar-refractivity contribution in [3.05, 3.63) is 53.3 Å². The molecule has 0 aliphatic heterocycles. The van der Waals surface area contributed by atoms with Gasteiger partial charge in [0.05, 0.1) is 18.8 Å². The molecule has 4 heteroatoms. The minimum absolute atomic E-state index is 0.466. The average Bonchev–Trinajstić information content (AvgIpc) is 2.87. The van der Waals surface area contributed by atoms with Crippen molar-refractivity contribution in [2.24, 2.45) is 0 Å². The number of nitriles is 1. The number of methoxy groups -OCH3 is 1. The van der Waals surface area contributed by atoms with Crippen molar-refractivity contribution in [2.45, 2.75) is 19.6 Å². The summed E-state index contributed by atoms with van der Waals surface area (Å²) in [5.41, 5.74) is 2.43. The van der Waals surface area contributed by atoms with E-state index in [1.165, 1.54) is 0 Å². The Kier molecular flexibility index (Phi) is 3.88. The third kappa shape index (κ3) is 2.95. The average molecular weight is 256 g/mol. The molecule has 0 fully saturated rings. The standard InChI is InChI=1S/C15H16N2O2/c1-11(18)13-5-6-17(10-13)9-12-3-4-15(19-2)14(7-12)8-16/h3-7,10-11,18H,9H2,1-2H3. The van der Waals surface area contributed by atoms with E-state index in [0.717, 1.165) is 11.1 Å². The van der Waals surface area contributed by atoms with Crippen LogP contribution in [0.2, 0.25) is 0 Å². The quantitative estimate of drug-likeness (QED) is 0.914. The summed E-state index contributed by atoms with van der Waals surface area (Å²) >= 11 is 0. The van der Waals surface area contributed by atoms with Gasteiger partial charge in [-0.2, -0.15) is 5.26 Å². The Morgan fingerprint density at radius 3 is 2.79 bits per heavy atom. The molecular formula is C15H16N2O2. The van der Waals surface area contributed by atoms with Crippen molar-refractivity contribution >= 4 is 0 Å². The third-order valence-corrected chi connectivity index (χ3v) is 3.01. The first-order valence-electron chi connectivity index (χ1n) is 6.05. The van der Waals surface area contributed by atoms with Crippen LogP contribution in [0.15, 0.2) is 36.7 Å². The summed E-state index contributed by atoms with van der Waals surface area (Å²) in [6.45, 7) is 2.40. The molecule has 1 atom stereocenters. The second-order valence-corrected chi connectivity index (χ2v) is 4.44. The molecule has 2 rings (SSSR count). The monoisotopic (exact) mass is 256 g/mol. The molecule has 1 aromatic heterocycles. The predicted octanol–water partition coefficient (Wildman–Crippen LogP) is 2.47. The first-order valence-corrected chi connectivity index (χ1v) is 6.05. The summed E-state index contributed by atoms with van der Waals surface area (Å²) in [7, 11) is 1.55. The maximum atomic E-state index is 9.48. The van der Waals surface area contributed by atoms with Gasteiger partial charge in [0, 0.05) is 18.9 Å². The lowest BCUT2D eigenvalue weighted by atomic mass is 10.1. The Morgan fingerprint density at radius 2 is 2.21 bits per heavy atom. The number of ether oxygens (including phenoxy) is 1. The molecule has 0 saturated heterocycles. The largest absolute Gasteiger partial charge is 0.495 e. The molecule has 0 aliphatic rings. The van der Waals surface area contributed by atoms with Crippen LogP contribution in [-0.4, -0.2) is 16.8 Å². The van der Waals surface area contributed by atoms with Gasteiger partial charge >= 0.3 is 0 Å². The fourth-order valence-electron chi connectivity index (χ4n) is 1.96. The van der Waals surface area contributed by atoms with E-state index < -0.39 is 6.10 Å². The first kappa shape index (κ1) is 13.2. The summed E-state index contributed by atoms with van der Waals surface area (Å²) in [5, 5.41) is 18.5. The minimum atomic E-state index is -0.466. The lowest BCUT2D eigenvalue weighted by Crippen LogP contribution is -1.98. The SMILES string of the molecule is COc1ccc(Cn2ccc(C(C)O)c2)cc1C#N. The first-order chi connectivity index (χ1) is 9.13. The number of nitrogens with zero attached hydrogens (tertiary/aromatic N) is 2. The zero-order valence-corrected chi connectivity index (χ0v) is 11.0. The smallest absolute Gasteiger partial charge is 0.136 e. The number of hydrogen-bond donors (Lipinski definition) is 1. The van der Waals surface area contributed by atoms with Gasteiger partial charge in [0.25, 0.3) is 0 Å². The molecule has 1 aromatic carbocycles. The number of benzene rings is 1.